The lowest BCUT2D eigenvalue weighted by molar-refractivity contribution is -0.117. The molecule has 0 aliphatic heterocycles. The average molecular weight is 388 g/mol. The highest BCUT2D eigenvalue weighted by Gasteiger charge is 2.13. The number of carbonyl (C=O) groups is 2. The highest BCUT2D eigenvalue weighted by molar-refractivity contribution is 5.94. The molecule has 3 aromatic carbocycles. The van der Waals surface area contributed by atoms with Crippen molar-refractivity contribution in [1.29, 1.82) is 0 Å². The van der Waals surface area contributed by atoms with Gasteiger partial charge in [-0.2, -0.15) is 0 Å². The lowest BCUT2D eigenvalue weighted by Crippen LogP contribution is -2.31. The van der Waals surface area contributed by atoms with Crippen LogP contribution < -0.4 is 15.0 Å². The van der Waals surface area contributed by atoms with E-state index in [0.29, 0.717) is 18.8 Å². The minimum absolute atomic E-state index is 0.0936. The molecule has 3 aromatic rings. The van der Waals surface area contributed by atoms with Crippen LogP contribution in [0.15, 0.2) is 84.9 Å². The Bertz CT molecular complexity index is 925. The number of anilines is 2. The van der Waals surface area contributed by atoms with Crippen LogP contribution in [0.2, 0.25) is 0 Å². The van der Waals surface area contributed by atoms with Gasteiger partial charge in [-0.1, -0.05) is 48.5 Å². The number of hydrogen-bond acceptors (Lipinski definition) is 3. The summed E-state index contributed by atoms with van der Waals surface area (Å²) in [5.41, 5.74) is 2.57. The third kappa shape index (κ3) is 6.21. The molecule has 5 nitrogen and oxygen atoms in total. The smallest absolute Gasteiger partial charge is 0.226 e. The number of carbonyl (C=O) groups excluding carboxylic acids is 2. The molecule has 0 saturated carbocycles. The minimum atomic E-state index is -0.148. The number of amides is 2. The molecule has 0 saturated heterocycles. The van der Waals surface area contributed by atoms with Crippen LogP contribution in [0.3, 0.4) is 0 Å². The first-order valence-corrected chi connectivity index (χ1v) is 9.51. The van der Waals surface area contributed by atoms with Crippen molar-refractivity contribution in [3.63, 3.8) is 0 Å². The topological polar surface area (TPSA) is 58.6 Å². The minimum Gasteiger partial charge on any atom is -0.489 e. The molecule has 5 heteroatoms. The molecule has 0 unspecified atom stereocenters. The van der Waals surface area contributed by atoms with Crippen LogP contribution in [0.4, 0.5) is 11.4 Å². The summed E-state index contributed by atoms with van der Waals surface area (Å²) in [5, 5.41) is 2.86. The number of para-hydroxylation sites is 1. The maximum atomic E-state index is 12.3. The van der Waals surface area contributed by atoms with Crippen molar-refractivity contribution >= 4 is 23.2 Å². The van der Waals surface area contributed by atoms with Gasteiger partial charge < -0.3 is 15.0 Å². The summed E-state index contributed by atoms with van der Waals surface area (Å²) >= 11 is 0. The monoisotopic (exact) mass is 388 g/mol. The van der Waals surface area contributed by atoms with Crippen molar-refractivity contribution in [2.75, 3.05) is 16.8 Å². The van der Waals surface area contributed by atoms with Gasteiger partial charge in [0.05, 0.1) is 0 Å². The molecule has 29 heavy (non-hydrogen) atoms. The van der Waals surface area contributed by atoms with Crippen LogP contribution in [0, 0.1) is 0 Å². The quantitative estimate of drug-likeness (QED) is 0.611. The molecule has 0 aliphatic rings. The molecule has 0 spiro atoms. The normalized spacial score (nSPS) is 10.2. The first-order valence-electron chi connectivity index (χ1n) is 9.51. The van der Waals surface area contributed by atoms with E-state index in [1.807, 2.05) is 72.8 Å². The van der Waals surface area contributed by atoms with Crippen LogP contribution >= 0.6 is 0 Å². The van der Waals surface area contributed by atoms with Crippen molar-refractivity contribution in [3.8, 4) is 5.75 Å². The fourth-order valence-electron chi connectivity index (χ4n) is 2.89. The van der Waals surface area contributed by atoms with Crippen LogP contribution in [0.5, 0.6) is 5.75 Å². The van der Waals surface area contributed by atoms with Crippen LogP contribution in [-0.4, -0.2) is 18.4 Å². The lowest BCUT2D eigenvalue weighted by atomic mass is 10.2. The Morgan fingerprint density at radius 3 is 2.10 bits per heavy atom. The van der Waals surface area contributed by atoms with E-state index in [-0.39, 0.29) is 18.2 Å². The Hall–Kier alpha value is -3.60. The van der Waals surface area contributed by atoms with Crippen LogP contribution in [0.25, 0.3) is 0 Å². The summed E-state index contributed by atoms with van der Waals surface area (Å²) in [6, 6.07) is 26.5. The van der Waals surface area contributed by atoms with E-state index in [9.17, 15) is 9.59 Å². The van der Waals surface area contributed by atoms with E-state index in [0.717, 1.165) is 17.0 Å². The number of hydrogen-bond donors (Lipinski definition) is 1. The molecular formula is C24H24N2O3. The highest BCUT2D eigenvalue weighted by Crippen LogP contribution is 2.18. The van der Waals surface area contributed by atoms with Gasteiger partial charge in [0.15, 0.2) is 0 Å². The van der Waals surface area contributed by atoms with Crippen molar-refractivity contribution in [2.24, 2.45) is 0 Å². The average Bonchev–Trinajstić information content (AvgIpc) is 2.75. The predicted molar refractivity (Wildman–Crippen MR) is 115 cm³/mol. The van der Waals surface area contributed by atoms with Gasteiger partial charge in [0.2, 0.25) is 11.8 Å². The highest BCUT2D eigenvalue weighted by atomic mass is 16.5. The van der Waals surface area contributed by atoms with E-state index in [1.54, 1.807) is 17.0 Å². The Morgan fingerprint density at radius 1 is 0.862 bits per heavy atom. The molecule has 2 amide bonds. The molecule has 0 aromatic heterocycles. The Balaban J connectivity index is 1.49. The van der Waals surface area contributed by atoms with E-state index < -0.39 is 0 Å². The summed E-state index contributed by atoms with van der Waals surface area (Å²) in [6.07, 6.45) is 0.209. The SMILES string of the molecule is CC(=O)N(CCC(=O)Nc1ccc(OCc2ccccc2)cc1)c1ccccc1. The second kappa shape index (κ2) is 10.1. The van der Waals surface area contributed by atoms with E-state index >= 15 is 0 Å². The van der Waals surface area contributed by atoms with Crippen molar-refractivity contribution in [2.45, 2.75) is 20.0 Å². The Labute approximate surface area is 170 Å². The molecule has 1 N–H and O–H groups in total. The van der Waals surface area contributed by atoms with Crippen LogP contribution in [0.1, 0.15) is 18.9 Å². The van der Waals surface area contributed by atoms with Crippen molar-refractivity contribution in [1.82, 2.24) is 0 Å². The molecule has 0 aliphatic carbocycles. The zero-order chi connectivity index (χ0) is 20.5. The summed E-state index contributed by atoms with van der Waals surface area (Å²) in [7, 11) is 0. The Kier molecular flexibility index (Phi) is 7.00. The number of rotatable bonds is 8. The largest absolute Gasteiger partial charge is 0.489 e. The van der Waals surface area contributed by atoms with Crippen LogP contribution in [-0.2, 0) is 16.2 Å². The number of nitrogens with zero attached hydrogens (tertiary/aromatic N) is 1. The first kappa shape index (κ1) is 20.1. The maximum absolute atomic E-state index is 12.3. The fourth-order valence-corrected chi connectivity index (χ4v) is 2.89. The van der Waals surface area contributed by atoms with Gasteiger partial charge in [-0.25, -0.2) is 0 Å². The summed E-state index contributed by atoms with van der Waals surface area (Å²) in [6.45, 7) is 2.31. The zero-order valence-corrected chi connectivity index (χ0v) is 16.4. The standard InChI is InChI=1S/C24H24N2O3/c1-19(27)26(22-10-6-3-7-11-22)17-16-24(28)25-21-12-14-23(15-13-21)29-18-20-8-4-2-5-9-20/h2-15H,16-18H2,1H3,(H,25,28). The van der Waals surface area contributed by atoms with Crippen molar-refractivity contribution < 1.29 is 14.3 Å². The molecule has 0 heterocycles. The van der Waals surface area contributed by atoms with Gasteiger partial charge in [-0.05, 0) is 42.0 Å². The summed E-state index contributed by atoms with van der Waals surface area (Å²) in [4.78, 5) is 25.8. The molecule has 0 fully saturated rings. The molecule has 0 radical (unpaired) electrons. The van der Waals surface area contributed by atoms with Gasteiger partial charge >= 0.3 is 0 Å². The van der Waals surface area contributed by atoms with E-state index in [4.69, 9.17) is 4.74 Å². The number of nitrogens with one attached hydrogen (secondary N) is 1. The predicted octanol–water partition coefficient (Wildman–Crippen LogP) is 4.65. The Morgan fingerprint density at radius 2 is 1.48 bits per heavy atom. The second-order valence-electron chi connectivity index (χ2n) is 6.60. The van der Waals surface area contributed by atoms with Gasteiger partial charge in [-0.15, -0.1) is 0 Å². The third-order valence-electron chi connectivity index (χ3n) is 4.40. The van der Waals surface area contributed by atoms with E-state index in [2.05, 4.69) is 5.32 Å². The van der Waals surface area contributed by atoms with Gasteiger partial charge in [0.25, 0.3) is 0 Å². The van der Waals surface area contributed by atoms with Gasteiger partial charge in [-0.3, -0.25) is 9.59 Å². The zero-order valence-electron chi connectivity index (χ0n) is 16.4. The number of benzene rings is 3. The van der Waals surface area contributed by atoms with E-state index in [1.165, 1.54) is 6.92 Å². The summed E-state index contributed by atoms with van der Waals surface area (Å²) in [5.74, 6) is 0.493. The fraction of sp³-hybridized carbons (Fsp3) is 0.167. The van der Waals surface area contributed by atoms with Gasteiger partial charge in [0, 0.05) is 31.3 Å². The molecule has 0 atom stereocenters. The van der Waals surface area contributed by atoms with Crippen molar-refractivity contribution in [3.05, 3.63) is 90.5 Å². The summed E-state index contributed by atoms with van der Waals surface area (Å²) < 4.78 is 5.75. The molecular weight excluding hydrogens is 364 g/mol. The molecule has 148 valence electrons. The molecule has 3 rings (SSSR count). The van der Waals surface area contributed by atoms with Gasteiger partial charge in [0.1, 0.15) is 12.4 Å². The second-order valence-corrected chi connectivity index (χ2v) is 6.60. The molecule has 0 bridgehead atoms. The lowest BCUT2D eigenvalue weighted by Gasteiger charge is -2.20. The maximum Gasteiger partial charge on any atom is 0.226 e. The third-order valence-corrected chi connectivity index (χ3v) is 4.40. The first-order chi connectivity index (χ1) is 14.1. The number of ether oxygens (including phenoxy) is 1.